The first-order valence-electron chi connectivity index (χ1n) is 7.88. The smallest absolute Gasteiger partial charge is 0.274 e. The molecule has 4 rings (SSSR count). The number of aryl methyl sites for hydroxylation is 2. The molecule has 0 radical (unpaired) electrons. The van der Waals surface area contributed by atoms with Gasteiger partial charge in [0, 0.05) is 37.2 Å². The minimum Gasteiger partial charge on any atom is -0.330 e. The largest absolute Gasteiger partial charge is 0.330 e. The lowest BCUT2D eigenvalue weighted by Crippen LogP contribution is -2.30. The topological polar surface area (TPSA) is 55.4 Å². The molecule has 1 aliphatic heterocycles. The van der Waals surface area contributed by atoms with Gasteiger partial charge in [-0.3, -0.25) is 9.48 Å². The van der Waals surface area contributed by atoms with Gasteiger partial charge < -0.3 is 9.30 Å². The van der Waals surface area contributed by atoms with Crippen molar-refractivity contribution in [1.82, 2.24) is 24.1 Å². The third kappa shape index (κ3) is 2.30. The normalized spacial score (nSPS) is 18.0. The van der Waals surface area contributed by atoms with Crippen LogP contribution >= 0.6 is 0 Å². The third-order valence-electron chi connectivity index (χ3n) is 4.54. The van der Waals surface area contributed by atoms with Crippen LogP contribution in [-0.4, -0.2) is 36.5 Å². The molecule has 0 aromatic carbocycles. The fourth-order valence-corrected chi connectivity index (χ4v) is 3.37. The van der Waals surface area contributed by atoms with Crippen LogP contribution in [0.2, 0.25) is 0 Å². The van der Waals surface area contributed by atoms with Crippen LogP contribution in [0.3, 0.4) is 0 Å². The van der Waals surface area contributed by atoms with Gasteiger partial charge in [-0.15, -0.1) is 0 Å². The third-order valence-corrected chi connectivity index (χ3v) is 4.54. The van der Waals surface area contributed by atoms with Crippen LogP contribution in [0.1, 0.15) is 40.6 Å². The van der Waals surface area contributed by atoms with Gasteiger partial charge in [0.2, 0.25) is 0 Å². The van der Waals surface area contributed by atoms with E-state index in [1.807, 2.05) is 60.1 Å². The first-order valence-corrected chi connectivity index (χ1v) is 7.88. The Morgan fingerprint density at radius 1 is 1.30 bits per heavy atom. The summed E-state index contributed by atoms with van der Waals surface area (Å²) in [6.45, 7) is 2.78. The molecule has 118 valence electrons. The van der Waals surface area contributed by atoms with Crippen LogP contribution in [0.25, 0.3) is 5.65 Å². The van der Waals surface area contributed by atoms with Crippen LogP contribution in [0, 0.1) is 6.92 Å². The first-order chi connectivity index (χ1) is 11.1. The van der Waals surface area contributed by atoms with E-state index in [0.29, 0.717) is 5.69 Å². The highest BCUT2D eigenvalue weighted by Crippen LogP contribution is 2.32. The number of hydrogen-bond donors (Lipinski definition) is 0. The number of nitrogens with zero attached hydrogens (tertiary/aromatic N) is 5. The molecule has 1 amide bonds. The molecule has 1 fully saturated rings. The van der Waals surface area contributed by atoms with Gasteiger partial charge in [-0.25, -0.2) is 4.98 Å². The summed E-state index contributed by atoms with van der Waals surface area (Å²) < 4.78 is 3.74. The zero-order chi connectivity index (χ0) is 16.0. The number of carbonyl (C=O) groups excluding carboxylic acids is 1. The van der Waals surface area contributed by atoms with E-state index in [4.69, 9.17) is 0 Å². The maximum Gasteiger partial charge on any atom is 0.274 e. The Labute approximate surface area is 134 Å². The Morgan fingerprint density at radius 2 is 2.17 bits per heavy atom. The fraction of sp³-hybridized carbons (Fsp3) is 0.353. The molecule has 0 bridgehead atoms. The quantitative estimate of drug-likeness (QED) is 0.730. The summed E-state index contributed by atoms with van der Waals surface area (Å²) in [5, 5.41) is 4.23. The van der Waals surface area contributed by atoms with Crippen molar-refractivity contribution in [3.8, 4) is 0 Å². The molecule has 3 aromatic rings. The van der Waals surface area contributed by atoms with Gasteiger partial charge in [-0.05, 0) is 31.9 Å². The zero-order valence-electron chi connectivity index (χ0n) is 13.3. The van der Waals surface area contributed by atoms with Crippen LogP contribution in [-0.2, 0) is 7.05 Å². The van der Waals surface area contributed by atoms with E-state index < -0.39 is 0 Å². The minimum absolute atomic E-state index is 0.000506. The zero-order valence-corrected chi connectivity index (χ0v) is 13.3. The lowest BCUT2D eigenvalue weighted by Gasteiger charge is -2.22. The predicted octanol–water partition coefficient (Wildman–Crippen LogP) is 2.35. The van der Waals surface area contributed by atoms with Crippen molar-refractivity contribution in [1.29, 1.82) is 0 Å². The number of imidazole rings is 1. The fourth-order valence-electron chi connectivity index (χ4n) is 3.37. The number of aromatic nitrogens is 4. The molecule has 0 aliphatic carbocycles. The molecule has 1 atom stereocenters. The number of amides is 1. The highest BCUT2D eigenvalue weighted by Gasteiger charge is 2.32. The molecule has 0 N–H and O–H groups in total. The number of hydrogen-bond acceptors (Lipinski definition) is 3. The molecule has 6 nitrogen and oxygen atoms in total. The molecule has 0 unspecified atom stereocenters. The number of carbonyl (C=O) groups is 1. The first kappa shape index (κ1) is 14.0. The molecule has 3 aromatic heterocycles. The molecule has 0 saturated carbocycles. The molecule has 1 saturated heterocycles. The van der Waals surface area contributed by atoms with Gasteiger partial charge >= 0.3 is 0 Å². The molecular weight excluding hydrogens is 290 g/mol. The van der Waals surface area contributed by atoms with E-state index in [1.54, 1.807) is 4.68 Å². The highest BCUT2D eigenvalue weighted by molar-refractivity contribution is 5.93. The summed E-state index contributed by atoms with van der Waals surface area (Å²) >= 11 is 0. The van der Waals surface area contributed by atoms with Gasteiger partial charge in [0.25, 0.3) is 5.91 Å². The van der Waals surface area contributed by atoms with Crippen LogP contribution in [0.15, 0.2) is 36.8 Å². The van der Waals surface area contributed by atoms with Crippen LogP contribution in [0.5, 0.6) is 0 Å². The molecule has 23 heavy (non-hydrogen) atoms. The molecule has 4 heterocycles. The van der Waals surface area contributed by atoms with Crippen molar-refractivity contribution in [3.05, 3.63) is 53.7 Å². The Bertz CT molecular complexity index is 878. The summed E-state index contributed by atoms with van der Waals surface area (Å²) in [4.78, 5) is 19.4. The van der Waals surface area contributed by atoms with Crippen LogP contribution < -0.4 is 0 Å². The van der Waals surface area contributed by atoms with E-state index in [0.717, 1.165) is 36.3 Å². The Kier molecular flexibility index (Phi) is 3.18. The van der Waals surface area contributed by atoms with Gasteiger partial charge in [-0.2, -0.15) is 5.10 Å². The minimum atomic E-state index is -0.000506. The lowest BCUT2D eigenvalue weighted by atomic mass is 10.1. The highest BCUT2D eigenvalue weighted by atomic mass is 16.2. The Hall–Kier alpha value is -2.63. The lowest BCUT2D eigenvalue weighted by molar-refractivity contribution is 0.0730. The summed E-state index contributed by atoms with van der Waals surface area (Å²) in [6, 6.07) is 5.99. The predicted molar refractivity (Wildman–Crippen MR) is 86.1 cm³/mol. The van der Waals surface area contributed by atoms with Crippen LogP contribution in [0.4, 0.5) is 0 Å². The summed E-state index contributed by atoms with van der Waals surface area (Å²) in [5.74, 6) is -0.000506. The number of rotatable bonds is 2. The van der Waals surface area contributed by atoms with E-state index in [1.165, 1.54) is 0 Å². The van der Waals surface area contributed by atoms with Crippen molar-refractivity contribution < 1.29 is 4.79 Å². The summed E-state index contributed by atoms with van der Waals surface area (Å²) in [6.07, 6.45) is 7.67. The van der Waals surface area contributed by atoms with E-state index in [2.05, 4.69) is 10.1 Å². The summed E-state index contributed by atoms with van der Waals surface area (Å²) in [7, 11) is 1.90. The van der Waals surface area contributed by atoms with Crippen molar-refractivity contribution >= 4 is 11.6 Å². The van der Waals surface area contributed by atoms with Gasteiger partial charge in [0.15, 0.2) is 0 Å². The Balaban J connectivity index is 1.68. The average molecular weight is 309 g/mol. The van der Waals surface area contributed by atoms with E-state index in [-0.39, 0.29) is 11.9 Å². The maximum atomic E-state index is 12.9. The van der Waals surface area contributed by atoms with Gasteiger partial charge in [0.1, 0.15) is 11.3 Å². The van der Waals surface area contributed by atoms with Crippen molar-refractivity contribution in [2.45, 2.75) is 25.8 Å². The van der Waals surface area contributed by atoms with Gasteiger partial charge in [-0.1, -0.05) is 6.07 Å². The van der Waals surface area contributed by atoms with E-state index >= 15 is 0 Å². The number of pyridine rings is 1. The van der Waals surface area contributed by atoms with Gasteiger partial charge in [0.05, 0.1) is 12.2 Å². The number of fused-ring (bicyclic) bond motifs is 1. The molecule has 1 aliphatic rings. The molecular formula is C17H19N5O. The van der Waals surface area contributed by atoms with Crippen molar-refractivity contribution in [3.63, 3.8) is 0 Å². The summed E-state index contributed by atoms with van der Waals surface area (Å²) in [5.41, 5.74) is 3.48. The monoisotopic (exact) mass is 309 g/mol. The second-order valence-electron chi connectivity index (χ2n) is 6.13. The van der Waals surface area contributed by atoms with Crippen molar-refractivity contribution in [2.75, 3.05) is 6.54 Å². The average Bonchev–Trinajstić information content (AvgIpc) is 3.24. The number of likely N-dealkylation sites (tertiary alicyclic amines) is 1. The second-order valence-corrected chi connectivity index (χ2v) is 6.13. The SMILES string of the molecule is Cc1cccc2nc(C(=O)N3CCC[C@H]3c3cnn(C)c3)cn12. The van der Waals surface area contributed by atoms with E-state index in [9.17, 15) is 4.79 Å². The molecule has 6 heteroatoms. The van der Waals surface area contributed by atoms with Crippen molar-refractivity contribution in [2.24, 2.45) is 7.05 Å². The maximum absolute atomic E-state index is 12.9. The molecule has 0 spiro atoms. The Morgan fingerprint density at radius 3 is 2.91 bits per heavy atom. The second kappa shape index (κ2) is 5.22. The standard InChI is InChI=1S/C17H19N5O/c1-12-5-3-7-16-19-14(11-22(12)16)17(23)21-8-4-6-15(21)13-9-18-20(2)10-13/h3,5,7,9-11,15H,4,6,8H2,1-2H3/t15-/m0/s1.